The van der Waals surface area contributed by atoms with Crippen LogP contribution in [0.5, 0.6) is 0 Å². The maximum Gasteiger partial charge on any atom is 0.269 e. The molecule has 1 amide bonds. The number of nitro groups is 1. The summed E-state index contributed by atoms with van der Waals surface area (Å²) in [5.74, 6) is -1.13. The van der Waals surface area contributed by atoms with E-state index in [0.717, 1.165) is 17.4 Å². The fourth-order valence-corrected chi connectivity index (χ4v) is 5.40. The molecule has 0 fully saturated rings. The van der Waals surface area contributed by atoms with Gasteiger partial charge in [0.05, 0.1) is 10.3 Å². The molecule has 3 aromatic rings. The summed E-state index contributed by atoms with van der Waals surface area (Å²) >= 11 is 0. The molecule has 0 saturated heterocycles. The van der Waals surface area contributed by atoms with Crippen molar-refractivity contribution in [2.24, 2.45) is 0 Å². The van der Waals surface area contributed by atoms with Gasteiger partial charge in [-0.2, -0.15) is 0 Å². The topological polar surface area (TPSA) is 89.3 Å². The van der Waals surface area contributed by atoms with Crippen molar-refractivity contribution >= 4 is 23.6 Å². The van der Waals surface area contributed by atoms with Crippen LogP contribution in [0.2, 0.25) is 0 Å². The van der Waals surface area contributed by atoms with E-state index >= 15 is 0 Å². The number of aldehydes is 1. The van der Waals surface area contributed by atoms with Crippen LogP contribution in [0, 0.1) is 10.1 Å². The second-order valence-electron chi connectivity index (χ2n) is 8.17. The molecule has 1 N–H and O–H groups in total. The number of rotatable bonds is 4. The summed E-state index contributed by atoms with van der Waals surface area (Å²) in [6.45, 7) is 0. The Bertz CT molecular complexity index is 1250. The highest BCUT2D eigenvalue weighted by Gasteiger charge is 2.60. The molecule has 0 unspecified atom stereocenters. The third-order valence-electron chi connectivity index (χ3n) is 6.68. The number of carbonyl (C=O) groups is 2. The summed E-state index contributed by atoms with van der Waals surface area (Å²) in [5, 5.41) is 14.6. The van der Waals surface area contributed by atoms with Crippen molar-refractivity contribution in [2.75, 3.05) is 5.32 Å². The number of nitro benzene ring substituents is 1. The Morgan fingerprint density at radius 1 is 0.969 bits per heavy atom. The van der Waals surface area contributed by atoms with Gasteiger partial charge in [0.2, 0.25) is 5.91 Å². The second kappa shape index (κ2) is 7.57. The molecule has 1 aliphatic heterocycles. The molecule has 1 spiro atoms. The molecular formula is C26H20N2O4. The summed E-state index contributed by atoms with van der Waals surface area (Å²) in [4.78, 5) is 37.3. The van der Waals surface area contributed by atoms with Crippen molar-refractivity contribution in [1.29, 1.82) is 0 Å². The Balaban J connectivity index is 1.87. The molecule has 6 heteroatoms. The Kier molecular flexibility index (Phi) is 4.70. The summed E-state index contributed by atoms with van der Waals surface area (Å²) in [6, 6.07) is 23.6. The number of benzene rings is 3. The van der Waals surface area contributed by atoms with Crippen LogP contribution in [-0.2, 0) is 15.0 Å². The van der Waals surface area contributed by atoms with Gasteiger partial charge < -0.3 is 5.32 Å². The second-order valence-corrected chi connectivity index (χ2v) is 8.17. The van der Waals surface area contributed by atoms with Gasteiger partial charge in [-0.1, -0.05) is 66.7 Å². The summed E-state index contributed by atoms with van der Waals surface area (Å²) in [7, 11) is 0. The summed E-state index contributed by atoms with van der Waals surface area (Å²) < 4.78 is 0. The average molecular weight is 424 g/mol. The number of carbonyl (C=O) groups excluding carboxylic acids is 2. The average Bonchev–Trinajstić information content (AvgIpc) is 3.11. The van der Waals surface area contributed by atoms with Gasteiger partial charge in [-0.25, -0.2) is 0 Å². The number of amides is 1. The lowest BCUT2D eigenvalue weighted by molar-refractivity contribution is -0.384. The lowest BCUT2D eigenvalue weighted by atomic mass is 9.54. The van der Waals surface area contributed by atoms with Gasteiger partial charge in [-0.3, -0.25) is 19.7 Å². The molecule has 3 aromatic carbocycles. The largest absolute Gasteiger partial charge is 0.325 e. The molecule has 0 bridgehead atoms. The van der Waals surface area contributed by atoms with Crippen LogP contribution >= 0.6 is 0 Å². The van der Waals surface area contributed by atoms with Crippen LogP contribution in [0.3, 0.4) is 0 Å². The van der Waals surface area contributed by atoms with Crippen molar-refractivity contribution in [1.82, 2.24) is 0 Å². The first-order valence-electron chi connectivity index (χ1n) is 10.4. The first-order chi connectivity index (χ1) is 15.6. The maximum absolute atomic E-state index is 13.9. The number of nitrogens with one attached hydrogen (secondary N) is 1. The maximum atomic E-state index is 13.9. The molecule has 2 aliphatic rings. The predicted molar refractivity (Wildman–Crippen MR) is 121 cm³/mol. The van der Waals surface area contributed by atoms with Crippen LogP contribution in [-0.4, -0.2) is 17.1 Å². The Hall–Kier alpha value is -4.06. The van der Waals surface area contributed by atoms with E-state index in [9.17, 15) is 19.7 Å². The number of non-ortho nitro benzene ring substituents is 1. The fraction of sp³-hybridized carbons (Fsp3) is 0.154. The fourth-order valence-electron chi connectivity index (χ4n) is 5.40. The molecule has 158 valence electrons. The zero-order valence-electron chi connectivity index (χ0n) is 17.1. The van der Waals surface area contributed by atoms with Crippen molar-refractivity contribution in [2.45, 2.75) is 23.7 Å². The van der Waals surface area contributed by atoms with Crippen LogP contribution < -0.4 is 5.32 Å². The smallest absolute Gasteiger partial charge is 0.269 e. The van der Waals surface area contributed by atoms with E-state index in [0.29, 0.717) is 23.2 Å². The molecule has 5 rings (SSSR count). The van der Waals surface area contributed by atoms with E-state index in [1.54, 1.807) is 6.07 Å². The van der Waals surface area contributed by atoms with Crippen LogP contribution in [0.25, 0.3) is 0 Å². The van der Waals surface area contributed by atoms with Crippen molar-refractivity contribution in [3.05, 3.63) is 117 Å². The van der Waals surface area contributed by atoms with Crippen LogP contribution in [0.4, 0.5) is 11.4 Å². The van der Waals surface area contributed by atoms with Gasteiger partial charge >= 0.3 is 0 Å². The SMILES string of the molecule is O=CC1=CC[C@@H](c2ccccc2)[C@@]2(C(=O)Nc3ccc([N+](=O)[O-])cc32)[C@@H]1c1ccccc1. The highest BCUT2D eigenvalue weighted by atomic mass is 16.6. The molecule has 6 nitrogen and oxygen atoms in total. The standard InChI is InChI=1S/C26H20N2O4/c29-16-19-11-13-21(17-7-3-1-4-8-17)26(24(19)18-9-5-2-6-10-18)22-15-20(28(31)32)12-14-23(22)27-25(26)30/h1-12,14-16,21,24H,13H2,(H,27,30)/t21-,24+,26-/m0/s1. The molecule has 3 atom stereocenters. The molecule has 0 aromatic heterocycles. The normalized spacial score (nSPS) is 23.9. The van der Waals surface area contributed by atoms with Crippen molar-refractivity contribution < 1.29 is 14.5 Å². The van der Waals surface area contributed by atoms with Gasteiger partial charge in [0.15, 0.2) is 0 Å². The molecule has 0 radical (unpaired) electrons. The van der Waals surface area contributed by atoms with Gasteiger partial charge in [-0.15, -0.1) is 0 Å². The van der Waals surface area contributed by atoms with E-state index in [1.807, 2.05) is 66.7 Å². The minimum absolute atomic E-state index is 0.0829. The van der Waals surface area contributed by atoms with Gasteiger partial charge in [0, 0.05) is 29.7 Å². The lowest BCUT2D eigenvalue weighted by Crippen LogP contribution is -2.48. The number of fused-ring (bicyclic) bond motifs is 2. The Morgan fingerprint density at radius 2 is 1.62 bits per heavy atom. The minimum atomic E-state index is -1.20. The number of hydrogen-bond donors (Lipinski definition) is 1. The third kappa shape index (κ3) is 2.80. The molecule has 1 heterocycles. The number of anilines is 1. The molecular weight excluding hydrogens is 404 g/mol. The zero-order valence-corrected chi connectivity index (χ0v) is 17.1. The molecule has 0 saturated carbocycles. The van der Waals surface area contributed by atoms with E-state index < -0.39 is 16.3 Å². The van der Waals surface area contributed by atoms with Crippen molar-refractivity contribution in [3.8, 4) is 0 Å². The first-order valence-corrected chi connectivity index (χ1v) is 10.4. The predicted octanol–water partition coefficient (Wildman–Crippen LogP) is 4.88. The van der Waals surface area contributed by atoms with E-state index in [4.69, 9.17) is 0 Å². The van der Waals surface area contributed by atoms with E-state index in [1.165, 1.54) is 12.1 Å². The van der Waals surface area contributed by atoms with Gasteiger partial charge in [-0.05, 0) is 34.8 Å². The highest BCUT2D eigenvalue weighted by Crippen LogP contribution is 2.60. The van der Waals surface area contributed by atoms with E-state index in [2.05, 4.69) is 5.32 Å². The molecule has 1 aliphatic carbocycles. The highest BCUT2D eigenvalue weighted by molar-refractivity contribution is 6.09. The molecule has 32 heavy (non-hydrogen) atoms. The van der Waals surface area contributed by atoms with Crippen molar-refractivity contribution in [3.63, 3.8) is 0 Å². The van der Waals surface area contributed by atoms with E-state index in [-0.39, 0.29) is 17.5 Å². The Morgan fingerprint density at radius 3 is 2.25 bits per heavy atom. The van der Waals surface area contributed by atoms with Crippen LogP contribution in [0.1, 0.15) is 34.9 Å². The lowest BCUT2D eigenvalue weighted by Gasteiger charge is -2.45. The monoisotopic (exact) mass is 424 g/mol. The summed E-state index contributed by atoms with van der Waals surface area (Å²) in [5.41, 5.74) is 2.11. The Labute approximate surface area is 184 Å². The number of allylic oxidation sites excluding steroid dienone is 2. The third-order valence-corrected chi connectivity index (χ3v) is 6.68. The van der Waals surface area contributed by atoms with Gasteiger partial charge in [0.1, 0.15) is 6.29 Å². The first kappa shape index (κ1) is 19.9. The van der Waals surface area contributed by atoms with Crippen LogP contribution in [0.15, 0.2) is 90.5 Å². The quantitative estimate of drug-likeness (QED) is 0.367. The number of hydrogen-bond acceptors (Lipinski definition) is 4. The number of nitrogens with zero attached hydrogens (tertiary/aromatic N) is 1. The zero-order chi connectivity index (χ0) is 22.3. The summed E-state index contributed by atoms with van der Waals surface area (Å²) in [6.07, 6.45) is 3.18. The minimum Gasteiger partial charge on any atom is -0.325 e. The van der Waals surface area contributed by atoms with Gasteiger partial charge in [0.25, 0.3) is 5.69 Å².